The van der Waals surface area contributed by atoms with Crippen LogP contribution in [0.1, 0.15) is 41.0 Å². The monoisotopic (exact) mass is 188 g/mol. The number of carbonyl (C=O) groups excluding carboxylic acids is 1. The van der Waals surface area contributed by atoms with Crippen molar-refractivity contribution in [2.24, 2.45) is 5.41 Å². The minimum Gasteiger partial charge on any atom is -0.460 e. The van der Waals surface area contributed by atoms with Gasteiger partial charge < -0.3 is 9.84 Å². The lowest BCUT2D eigenvalue weighted by Crippen LogP contribution is -2.34. The number of esters is 1. The lowest BCUT2D eigenvalue weighted by Gasteiger charge is -2.27. The van der Waals surface area contributed by atoms with E-state index in [1.54, 1.807) is 13.8 Å². The van der Waals surface area contributed by atoms with Gasteiger partial charge in [-0.2, -0.15) is 0 Å². The van der Waals surface area contributed by atoms with E-state index in [1.807, 2.05) is 20.8 Å². The van der Waals surface area contributed by atoms with Crippen molar-refractivity contribution in [3.05, 3.63) is 0 Å². The summed E-state index contributed by atoms with van der Waals surface area (Å²) in [6.07, 6.45) is 0.432. The number of rotatable bonds is 3. The predicted octanol–water partition coefficient (Wildman–Crippen LogP) is 1.74. The molecule has 78 valence electrons. The Labute approximate surface area is 80.1 Å². The fraction of sp³-hybridized carbons (Fsp3) is 0.900. The lowest BCUT2D eigenvalue weighted by molar-refractivity contribution is -0.166. The molecule has 0 rings (SSSR count). The maximum atomic E-state index is 11.5. The summed E-state index contributed by atoms with van der Waals surface area (Å²) in [6.45, 7) is 9.06. The molecule has 0 atom stereocenters. The first-order valence-electron chi connectivity index (χ1n) is 4.53. The first kappa shape index (κ1) is 12.4. The molecule has 0 unspecified atom stereocenters. The van der Waals surface area contributed by atoms with Crippen LogP contribution >= 0.6 is 0 Å². The smallest absolute Gasteiger partial charge is 0.312 e. The van der Waals surface area contributed by atoms with Crippen LogP contribution in [0.15, 0.2) is 0 Å². The van der Waals surface area contributed by atoms with Gasteiger partial charge in [-0.05, 0) is 41.0 Å². The number of hydrogen-bond acceptors (Lipinski definition) is 3. The van der Waals surface area contributed by atoms with E-state index in [0.717, 1.165) is 0 Å². The fourth-order valence-electron chi connectivity index (χ4n) is 0.798. The second-order valence-electron chi connectivity index (χ2n) is 4.86. The van der Waals surface area contributed by atoms with Crippen molar-refractivity contribution in [1.82, 2.24) is 0 Å². The summed E-state index contributed by atoms with van der Waals surface area (Å²) >= 11 is 0. The summed E-state index contributed by atoms with van der Waals surface area (Å²) in [5.41, 5.74) is -1.05. The predicted molar refractivity (Wildman–Crippen MR) is 51.3 cm³/mol. The first-order valence-corrected chi connectivity index (χ1v) is 4.53. The Morgan fingerprint density at radius 1 is 1.23 bits per heavy atom. The fourth-order valence-corrected chi connectivity index (χ4v) is 0.798. The Morgan fingerprint density at radius 3 is 2.00 bits per heavy atom. The van der Waals surface area contributed by atoms with Gasteiger partial charge in [0.1, 0.15) is 5.60 Å². The number of aliphatic hydroxyl groups excluding tert-OH is 1. The Hall–Kier alpha value is -0.570. The van der Waals surface area contributed by atoms with Gasteiger partial charge in [-0.3, -0.25) is 4.79 Å². The van der Waals surface area contributed by atoms with Crippen LogP contribution in [0.5, 0.6) is 0 Å². The van der Waals surface area contributed by atoms with E-state index in [-0.39, 0.29) is 12.6 Å². The second-order valence-corrected chi connectivity index (χ2v) is 4.86. The third kappa shape index (κ3) is 4.88. The minimum absolute atomic E-state index is 0.00619. The zero-order valence-corrected chi connectivity index (χ0v) is 9.18. The largest absolute Gasteiger partial charge is 0.460 e. The van der Waals surface area contributed by atoms with Crippen LogP contribution in [0.2, 0.25) is 0 Å². The van der Waals surface area contributed by atoms with Crippen LogP contribution in [0.25, 0.3) is 0 Å². The molecule has 0 aliphatic carbocycles. The zero-order chi connectivity index (χ0) is 10.7. The van der Waals surface area contributed by atoms with E-state index in [2.05, 4.69) is 0 Å². The van der Waals surface area contributed by atoms with Crippen LogP contribution in [-0.4, -0.2) is 23.3 Å². The summed E-state index contributed by atoms with van der Waals surface area (Å²) in [7, 11) is 0. The van der Waals surface area contributed by atoms with Crippen molar-refractivity contribution in [3.63, 3.8) is 0 Å². The highest BCUT2D eigenvalue weighted by molar-refractivity contribution is 5.76. The molecule has 3 heteroatoms. The van der Waals surface area contributed by atoms with Crippen molar-refractivity contribution in [2.45, 2.75) is 46.6 Å². The maximum absolute atomic E-state index is 11.5. The van der Waals surface area contributed by atoms with Crippen molar-refractivity contribution in [2.75, 3.05) is 6.61 Å². The Kier molecular flexibility index (Phi) is 3.91. The Bertz CT molecular complexity index is 177. The average Bonchev–Trinajstić information content (AvgIpc) is 1.82. The first-order chi connectivity index (χ1) is 5.69. The average molecular weight is 188 g/mol. The van der Waals surface area contributed by atoms with Gasteiger partial charge >= 0.3 is 5.97 Å². The highest BCUT2D eigenvalue weighted by Crippen LogP contribution is 2.24. The van der Waals surface area contributed by atoms with Gasteiger partial charge in [0.25, 0.3) is 0 Å². The van der Waals surface area contributed by atoms with E-state index in [9.17, 15) is 4.79 Å². The quantitative estimate of drug-likeness (QED) is 0.686. The standard InChI is InChI=1S/C10H20O3/c1-9(2,3)13-8(12)10(4,5)6-7-11/h11H,6-7H2,1-5H3. The molecule has 0 saturated carbocycles. The third-order valence-corrected chi connectivity index (χ3v) is 1.69. The summed E-state index contributed by atoms with van der Waals surface area (Å²) in [5, 5.41) is 8.74. The molecule has 0 aromatic heterocycles. The van der Waals surface area contributed by atoms with Crippen LogP contribution in [-0.2, 0) is 9.53 Å². The molecule has 0 saturated heterocycles. The minimum atomic E-state index is -0.595. The second kappa shape index (κ2) is 4.09. The molecule has 0 heterocycles. The van der Waals surface area contributed by atoms with E-state index >= 15 is 0 Å². The molecule has 0 aromatic rings. The molecular weight excluding hydrogens is 168 g/mol. The van der Waals surface area contributed by atoms with E-state index < -0.39 is 11.0 Å². The number of hydrogen-bond donors (Lipinski definition) is 1. The van der Waals surface area contributed by atoms with Crippen LogP contribution in [0.3, 0.4) is 0 Å². The van der Waals surface area contributed by atoms with Crippen LogP contribution < -0.4 is 0 Å². The molecular formula is C10H20O3. The molecule has 13 heavy (non-hydrogen) atoms. The molecule has 0 fully saturated rings. The number of aliphatic hydroxyl groups is 1. The lowest BCUT2D eigenvalue weighted by atomic mass is 9.90. The summed E-state index contributed by atoms with van der Waals surface area (Å²) in [4.78, 5) is 11.5. The van der Waals surface area contributed by atoms with Gasteiger partial charge in [0.2, 0.25) is 0 Å². The third-order valence-electron chi connectivity index (χ3n) is 1.69. The number of ether oxygens (including phenoxy) is 1. The van der Waals surface area contributed by atoms with Gasteiger partial charge in [-0.1, -0.05) is 0 Å². The van der Waals surface area contributed by atoms with E-state index in [4.69, 9.17) is 9.84 Å². The van der Waals surface area contributed by atoms with Gasteiger partial charge in [0.05, 0.1) is 5.41 Å². The van der Waals surface area contributed by atoms with Gasteiger partial charge in [-0.25, -0.2) is 0 Å². The molecule has 3 nitrogen and oxygen atoms in total. The van der Waals surface area contributed by atoms with Gasteiger partial charge in [-0.15, -0.1) is 0 Å². The summed E-state index contributed by atoms with van der Waals surface area (Å²) in [6, 6.07) is 0. The molecule has 0 bridgehead atoms. The molecule has 0 aromatic carbocycles. The van der Waals surface area contributed by atoms with Gasteiger partial charge in [0, 0.05) is 6.61 Å². The van der Waals surface area contributed by atoms with Crippen molar-refractivity contribution < 1.29 is 14.6 Å². The van der Waals surface area contributed by atoms with Gasteiger partial charge in [0.15, 0.2) is 0 Å². The topological polar surface area (TPSA) is 46.5 Å². The van der Waals surface area contributed by atoms with Crippen molar-refractivity contribution >= 4 is 5.97 Å². The van der Waals surface area contributed by atoms with Crippen LogP contribution in [0.4, 0.5) is 0 Å². The Morgan fingerprint density at radius 2 is 1.69 bits per heavy atom. The number of carbonyl (C=O) groups is 1. The van der Waals surface area contributed by atoms with Crippen LogP contribution in [0, 0.1) is 5.41 Å². The van der Waals surface area contributed by atoms with Crippen molar-refractivity contribution in [3.8, 4) is 0 Å². The SMILES string of the molecule is CC(C)(C)OC(=O)C(C)(C)CCO. The van der Waals surface area contributed by atoms with E-state index in [0.29, 0.717) is 6.42 Å². The maximum Gasteiger partial charge on any atom is 0.312 e. The Balaban J connectivity index is 4.25. The molecule has 0 spiro atoms. The van der Waals surface area contributed by atoms with Crippen molar-refractivity contribution in [1.29, 1.82) is 0 Å². The molecule has 1 N–H and O–H groups in total. The highest BCUT2D eigenvalue weighted by Gasteiger charge is 2.31. The summed E-state index contributed by atoms with van der Waals surface area (Å²) in [5.74, 6) is -0.256. The molecule has 0 aliphatic rings. The normalized spacial score (nSPS) is 12.8. The van der Waals surface area contributed by atoms with E-state index in [1.165, 1.54) is 0 Å². The molecule has 0 radical (unpaired) electrons. The highest BCUT2D eigenvalue weighted by atomic mass is 16.6. The molecule has 0 aliphatic heterocycles. The zero-order valence-electron chi connectivity index (χ0n) is 9.18. The molecule has 0 amide bonds. The summed E-state index contributed by atoms with van der Waals surface area (Å²) < 4.78 is 5.20.